The summed E-state index contributed by atoms with van der Waals surface area (Å²) in [4.78, 5) is 9.42. The van der Waals surface area contributed by atoms with Crippen molar-refractivity contribution in [1.29, 1.82) is 0 Å². The minimum absolute atomic E-state index is 0. The first-order valence-corrected chi connectivity index (χ1v) is 22.0. The zero-order valence-corrected chi connectivity index (χ0v) is 39.1. The average Bonchev–Trinajstić information content (AvgIpc) is 3.96. The van der Waals surface area contributed by atoms with Crippen molar-refractivity contribution < 1.29 is 25.8 Å². The first-order valence-electron chi connectivity index (χ1n) is 21.2. The van der Waals surface area contributed by atoms with E-state index < -0.39 is 0 Å². The van der Waals surface area contributed by atoms with Crippen molar-refractivity contribution in [2.75, 3.05) is 9.80 Å². The Hall–Kier alpha value is -6.20. The van der Waals surface area contributed by atoms with Crippen LogP contribution >= 0.6 is 11.3 Å². The standard InChI is InChI=1S/C56H45N4OS.Pt/c1-55(2,3)36-25-27-43(45-19-14-20-46-44-18-8-12-24-52(44)62-54(45)46)50(31-36)59-35-58(48-22-10-11-23-49(48)59)38-15-13-16-39(33-38)61-40-26-28-42-41-17-7-9-21-47(41)60(51(42)34-40)53-32-37(29-30-57-53)56(4,5)6;/h7-32,35H,1-6H3;/q-3;. The summed E-state index contributed by atoms with van der Waals surface area (Å²) >= 11 is 1.87. The molecule has 0 fully saturated rings. The molecule has 314 valence electrons. The predicted octanol–water partition coefficient (Wildman–Crippen LogP) is 15.6. The summed E-state index contributed by atoms with van der Waals surface area (Å²) in [6, 6.07) is 61.3. The van der Waals surface area contributed by atoms with Crippen LogP contribution in [-0.4, -0.2) is 9.55 Å². The molecule has 0 spiro atoms. The fraction of sp³-hybridized carbons (Fsp3) is 0.143. The van der Waals surface area contributed by atoms with Crippen molar-refractivity contribution in [3.8, 4) is 28.4 Å². The number of pyridine rings is 1. The van der Waals surface area contributed by atoms with Gasteiger partial charge in [-0.3, -0.25) is 0 Å². The van der Waals surface area contributed by atoms with Crippen LogP contribution in [0.5, 0.6) is 11.5 Å². The first-order chi connectivity index (χ1) is 30.0. The van der Waals surface area contributed by atoms with E-state index in [1.807, 2.05) is 35.7 Å². The van der Waals surface area contributed by atoms with Crippen LogP contribution in [0.1, 0.15) is 52.7 Å². The number of thiophene rings is 1. The molecule has 7 aromatic carbocycles. The Balaban J connectivity index is 0.00000471. The van der Waals surface area contributed by atoms with Crippen molar-refractivity contribution in [2.45, 2.75) is 52.4 Å². The number of rotatable bonds is 6. The Morgan fingerprint density at radius 2 is 1.24 bits per heavy atom. The third-order valence-corrected chi connectivity index (χ3v) is 13.3. The molecule has 0 saturated carbocycles. The average molecular weight is 1020 g/mol. The van der Waals surface area contributed by atoms with E-state index in [2.05, 4.69) is 208 Å². The summed E-state index contributed by atoms with van der Waals surface area (Å²) in [5, 5.41) is 4.82. The number of ether oxygens (including phenoxy) is 1. The summed E-state index contributed by atoms with van der Waals surface area (Å²) in [5.41, 5.74) is 11.0. The molecule has 0 unspecified atom stereocenters. The third kappa shape index (κ3) is 7.10. The van der Waals surface area contributed by atoms with Crippen LogP contribution in [0.4, 0.5) is 22.7 Å². The molecule has 7 heteroatoms. The molecule has 0 radical (unpaired) electrons. The quantitative estimate of drug-likeness (QED) is 0.155. The Morgan fingerprint density at radius 1 is 0.556 bits per heavy atom. The van der Waals surface area contributed by atoms with Gasteiger partial charge in [0.25, 0.3) is 0 Å². The number of hydrogen-bond donors (Lipinski definition) is 0. The van der Waals surface area contributed by atoms with E-state index in [1.54, 1.807) is 0 Å². The molecule has 5 nitrogen and oxygen atoms in total. The molecular weight excluding hydrogens is 972 g/mol. The Bertz CT molecular complexity index is 3370. The van der Waals surface area contributed by atoms with E-state index in [0.29, 0.717) is 11.5 Å². The molecule has 0 N–H and O–H groups in total. The summed E-state index contributed by atoms with van der Waals surface area (Å²) < 4.78 is 11.4. The van der Waals surface area contributed by atoms with Gasteiger partial charge in [-0.1, -0.05) is 126 Å². The number of nitrogens with zero attached hydrogens (tertiary/aromatic N) is 4. The van der Waals surface area contributed by atoms with E-state index in [9.17, 15) is 0 Å². The van der Waals surface area contributed by atoms with Crippen LogP contribution < -0.4 is 14.5 Å². The molecule has 0 amide bonds. The second-order valence-corrected chi connectivity index (χ2v) is 19.3. The second-order valence-electron chi connectivity index (χ2n) is 18.2. The molecule has 0 atom stereocenters. The van der Waals surface area contributed by atoms with E-state index in [-0.39, 0.29) is 31.9 Å². The predicted molar refractivity (Wildman–Crippen MR) is 260 cm³/mol. The number of anilines is 4. The largest absolute Gasteiger partial charge is 0.509 e. The van der Waals surface area contributed by atoms with Gasteiger partial charge in [-0.15, -0.1) is 59.4 Å². The summed E-state index contributed by atoms with van der Waals surface area (Å²) in [6.07, 6.45) is 1.90. The Kier molecular flexibility index (Phi) is 10.1. The fourth-order valence-corrected chi connectivity index (χ4v) is 10.0. The van der Waals surface area contributed by atoms with Gasteiger partial charge < -0.3 is 19.1 Å². The van der Waals surface area contributed by atoms with Gasteiger partial charge in [-0.2, -0.15) is 12.1 Å². The molecule has 63 heavy (non-hydrogen) atoms. The van der Waals surface area contributed by atoms with Crippen molar-refractivity contribution >= 4 is 76.1 Å². The Morgan fingerprint density at radius 3 is 2.05 bits per heavy atom. The second kappa shape index (κ2) is 15.6. The molecule has 4 heterocycles. The van der Waals surface area contributed by atoms with Gasteiger partial charge in [0.05, 0.1) is 0 Å². The Labute approximate surface area is 387 Å². The maximum absolute atomic E-state index is 6.65. The van der Waals surface area contributed by atoms with Crippen molar-refractivity contribution in [3.63, 3.8) is 0 Å². The number of fused-ring (bicyclic) bond motifs is 7. The van der Waals surface area contributed by atoms with Gasteiger partial charge >= 0.3 is 0 Å². The molecule has 11 rings (SSSR count). The zero-order valence-electron chi connectivity index (χ0n) is 36.0. The molecule has 0 bridgehead atoms. The summed E-state index contributed by atoms with van der Waals surface area (Å²) in [7, 11) is 0. The molecule has 1 aliphatic heterocycles. The SMILES string of the molecule is CC(C)(C)c1ccnc(-n2c3[c-]c(Oc4[c-]c(N5[CH-]N(c6cc(C(C)(C)C)ccc6-c6cccc7c6sc6ccccc67)c6ccccc65)ccc4)ccc3c3ccccc32)c1.[Pt]. The van der Waals surface area contributed by atoms with Gasteiger partial charge in [0.15, 0.2) is 0 Å². The first kappa shape index (κ1) is 40.8. The molecule has 1 aliphatic rings. The van der Waals surface area contributed by atoms with Crippen LogP contribution in [0, 0.1) is 18.8 Å². The van der Waals surface area contributed by atoms with Crippen molar-refractivity contribution in [3.05, 3.63) is 188 Å². The van der Waals surface area contributed by atoms with Gasteiger partial charge in [-0.25, -0.2) is 4.98 Å². The van der Waals surface area contributed by atoms with E-state index in [1.165, 1.54) is 42.4 Å². The maximum Gasteiger partial charge on any atom is 0.135 e. The third-order valence-electron chi connectivity index (χ3n) is 12.1. The van der Waals surface area contributed by atoms with Gasteiger partial charge in [0.1, 0.15) is 5.82 Å². The minimum Gasteiger partial charge on any atom is -0.509 e. The topological polar surface area (TPSA) is 33.5 Å². The van der Waals surface area contributed by atoms with Crippen molar-refractivity contribution in [1.82, 2.24) is 9.55 Å². The zero-order chi connectivity index (χ0) is 42.3. The number of hydrogen-bond acceptors (Lipinski definition) is 5. The minimum atomic E-state index is -0.0450. The molecule has 10 aromatic rings. The summed E-state index contributed by atoms with van der Waals surface area (Å²) in [5.74, 6) is 2.06. The molecule has 3 aromatic heterocycles. The van der Waals surface area contributed by atoms with Gasteiger partial charge in [-0.05, 0) is 69.8 Å². The van der Waals surface area contributed by atoms with Crippen LogP contribution in [0.25, 0.3) is 58.9 Å². The van der Waals surface area contributed by atoms with Gasteiger partial charge in [0.2, 0.25) is 0 Å². The fourth-order valence-electron chi connectivity index (χ4n) is 8.81. The van der Waals surface area contributed by atoms with Crippen LogP contribution in [0.2, 0.25) is 0 Å². The number of benzene rings is 7. The van der Waals surface area contributed by atoms with E-state index in [0.717, 1.165) is 50.4 Å². The van der Waals surface area contributed by atoms with E-state index >= 15 is 0 Å². The van der Waals surface area contributed by atoms with Crippen LogP contribution in [-0.2, 0) is 31.9 Å². The summed E-state index contributed by atoms with van der Waals surface area (Å²) in [6.45, 7) is 15.7. The molecule has 0 saturated heterocycles. The number of aromatic nitrogens is 2. The maximum atomic E-state index is 6.65. The normalized spacial score (nSPS) is 13.0. The van der Waals surface area contributed by atoms with Crippen LogP contribution in [0.15, 0.2) is 158 Å². The van der Waals surface area contributed by atoms with Gasteiger partial charge in [0, 0.05) is 92.6 Å². The van der Waals surface area contributed by atoms with Crippen LogP contribution in [0.3, 0.4) is 0 Å². The van der Waals surface area contributed by atoms with E-state index in [4.69, 9.17) is 9.72 Å². The monoisotopic (exact) mass is 1020 g/mol. The molecular formula is C56H45N4OPtS-3. The molecule has 0 aliphatic carbocycles. The number of para-hydroxylation sites is 3. The van der Waals surface area contributed by atoms with Crippen molar-refractivity contribution in [2.24, 2.45) is 0 Å². The smallest absolute Gasteiger partial charge is 0.135 e.